The fourth-order valence-corrected chi connectivity index (χ4v) is 5.29. The van der Waals surface area contributed by atoms with Crippen LogP contribution >= 0.6 is 0 Å². The number of para-hydroxylation sites is 1. The number of piperidine rings is 1. The first-order valence-electron chi connectivity index (χ1n) is 15.1. The maximum Gasteiger partial charge on any atom is 0.410 e. The molecule has 45 heavy (non-hydrogen) atoms. The Kier molecular flexibility index (Phi) is 10.9. The highest BCUT2D eigenvalue weighted by Gasteiger charge is 2.41. The van der Waals surface area contributed by atoms with E-state index < -0.39 is 41.3 Å². The van der Waals surface area contributed by atoms with E-state index in [0.29, 0.717) is 6.54 Å². The molecule has 1 fully saturated rings. The third-order valence-corrected chi connectivity index (χ3v) is 7.27. The molecule has 2 amide bonds. The van der Waals surface area contributed by atoms with Gasteiger partial charge in [0, 0.05) is 19.6 Å². The lowest BCUT2D eigenvalue weighted by Crippen LogP contribution is -2.57. The van der Waals surface area contributed by atoms with E-state index in [4.69, 9.17) is 14.2 Å². The number of carbonyl (C=O) groups is 3. The minimum absolute atomic E-state index is 0.00373. The number of methoxy groups -OCH3 is 1. The van der Waals surface area contributed by atoms with E-state index >= 15 is 0 Å². The summed E-state index contributed by atoms with van der Waals surface area (Å²) in [6, 6.07) is 15.0. The fraction of sp³-hybridized carbons (Fsp3) is 0.485. The average molecular weight is 624 g/mol. The van der Waals surface area contributed by atoms with Crippen molar-refractivity contribution < 1.29 is 33.0 Å². The highest BCUT2D eigenvalue weighted by atomic mass is 19.1. The summed E-state index contributed by atoms with van der Waals surface area (Å²) in [4.78, 5) is 43.4. The third-order valence-electron chi connectivity index (χ3n) is 7.27. The van der Waals surface area contributed by atoms with Crippen LogP contribution in [0.5, 0.6) is 0 Å². The van der Waals surface area contributed by atoms with Crippen molar-refractivity contribution in [1.82, 2.24) is 24.8 Å². The summed E-state index contributed by atoms with van der Waals surface area (Å²) < 4.78 is 32.9. The highest BCUT2D eigenvalue weighted by Crippen LogP contribution is 2.27. The van der Waals surface area contributed by atoms with E-state index in [0.717, 1.165) is 5.56 Å². The van der Waals surface area contributed by atoms with Gasteiger partial charge in [-0.15, -0.1) is 5.10 Å². The summed E-state index contributed by atoms with van der Waals surface area (Å²) in [6.45, 7) is 9.94. The van der Waals surface area contributed by atoms with Crippen LogP contribution in [0.3, 0.4) is 0 Å². The molecule has 1 aromatic heterocycles. The lowest BCUT2D eigenvalue weighted by molar-refractivity contribution is -0.148. The predicted molar refractivity (Wildman–Crippen MR) is 164 cm³/mol. The van der Waals surface area contributed by atoms with Crippen LogP contribution in [-0.2, 0) is 32.2 Å². The maximum absolute atomic E-state index is 14.9. The van der Waals surface area contributed by atoms with Crippen molar-refractivity contribution in [2.45, 2.75) is 65.9 Å². The van der Waals surface area contributed by atoms with Gasteiger partial charge in [-0.3, -0.25) is 9.59 Å². The van der Waals surface area contributed by atoms with Gasteiger partial charge in [0.15, 0.2) is 5.69 Å². The molecule has 3 aromatic rings. The predicted octanol–water partition coefficient (Wildman–Crippen LogP) is 5.02. The van der Waals surface area contributed by atoms with Crippen molar-refractivity contribution in [3.63, 3.8) is 0 Å². The monoisotopic (exact) mass is 623 g/mol. The van der Waals surface area contributed by atoms with Gasteiger partial charge in [-0.2, -0.15) is 0 Å². The number of hydrogen-bond donors (Lipinski definition) is 0. The summed E-state index contributed by atoms with van der Waals surface area (Å²) in [5.74, 6) is -2.13. The zero-order valence-electron chi connectivity index (χ0n) is 26.7. The molecule has 242 valence electrons. The molecule has 0 spiro atoms. The number of esters is 1. The molecule has 0 radical (unpaired) electrons. The van der Waals surface area contributed by atoms with Crippen molar-refractivity contribution in [3.8, 4) is 5.69 Å². The quantitative estimate of drug-likeness (QED) is 0.289. The number of halogens is 1. The van der Waals surface area contributed by atoms with Crippen molar-refractivity contribution in [2.24, 2.45) is 11.8 Å². The number of carbonyl (C=O) groups excluding carboxylic acids is 3. The second kappa shape index (κ2) is 14.6. The van der Waals surface area contributed by atoms with Gasteiger partial charge >= 0.3 is 12.1 Å². The highest BCUT2D eigenvalue weighted by molar-refractivity contribution is 5.94. The number of ether oxygens (including phenoxy) is 3. The molecule has 0 unspecified atom stereocenters. The van der Waals surface area contributed by atoms with Crippen LogP contribution in [0.25, 0.3) is 5.69 Å². The molecular weight excluding hydrogens is 581 g/mol. The first-order valence-corrected chi connectivity index (χ1v) is 15.1. The van der Waals surface area contributed by atoms with Gasteiger partial charge in [-0.25, -0.2) is 13.9 Å². The van der Waals surface area contributed by atoms with E-state index in [-0.39, 0.29) is 55.7 Å². The number of benzene rings is 2. The molecule has 2 aromatic carbocycles. The number of hydrogen-bond acceptors (Lipinski definition) is 8. The Labute approximate surface area is 263 Å². The van der Waals surface area contributed by atoms with Crippen LogP contribution in [-0.4, -0.2) is 81.2 Å². The molecule has 0 saturated carbocycles. The maximum atomic E-state index is 14.9. The first-order chi connectivity index (χ1) is 21.4. The summed E-state index contributed by atoms with van der Waals surface area (Å²) in [7, 11) is 1.30. The Bertz CT molecular complexity index is 1470. The fourth-order valence-electron chi connectivity index (χ4n) is 5.29. The van der Waals surface area contributed by atoms with Crippen LogP contribution in [0.2, 0.25) is 0 Å². The van der Waals surface area contributed by atoms with E-state index in [1.165, 1.54) is 22.8 Å². The molecule has 2 heterocycles. The van der Waals surface area contributed by atoms with Crippen molar-refractivity contribution >= 4 is 18.0 Å². The first kappa shape index (κ1) is 33.6. The molecule has 0 aliphatic carbocycles. The topological polar surface area (TPSA) is 116 Å². The van der Waals surface area contributed by atoms with E-state index in [1.54, 1.807) is 43.9 Å². The van der Waals surface area contributed by atoms with Gasteiger partial charge in [0.05, 0.1) is 32.3 Å². The number of rotatable bonds is 10. The van der Waals surface area contributed by atoms with Crippen molar-refractivity contribution in [1.29, 1.82) is 0 Å². The van der Waals surface area contributed by atoms with Gasteiger partial charge in [-0.05, 0) is 50.8 Å². The Hall–Kier alpha value is -4.32. The van der Waals surface area contributed by atoms with Gasteiger partial charge in [0.25, 0.3) is 5.91 Å². The van der Waals surface area contributed by atoms with Crippen molar-refractivity contribution in [3.05, 3.63) is 77.4 Å². The molecule has 2 atom stereocenters. The van der Waals surface area contributed by atoms with Crippen LogP contribution in [0.1, 0.15) is 62.8 Å². The Morgan fingerprint density at radius 2 is 1.71 bits per heavy atom. The number of aromatic nitrogens is 3. The summed E-state index contributed by atoms with van der Waals surface area (Å²) in [6.07, 6.45) is -0.315. The Morgan fingerprint density at radius 3 is 2.36 bits per heavy atom. The number of likely N-dealkylation sites (tertiary alicyclic amines) is 1. The van der Waals surface area contributed by atoms with Crippen LogP contribution < -0.4 is 0 Å². The molecule has 1 saturated heterocycles. The normalized spacial score (nSPS) is 16.8. The second-order valence-corrected chi connectivity index (χ2v) is 12.6. The SMILES string of the molecule is COC(=O)[C@@H]1C[C@H](N(CC(C)C)C(=O)c2nnn(-c3ccccc3F)c2COCc2ccccc2)CN(C(=O)OC(C)(C)C)C1. The Morgan fingerprint density at radius 1 is 1.02 bits per heavy atom. The number of amides is 2. The van der Waals surface area contributed by atoms with Gasteiger partial charge in [0.2, 0.25) is 0 Å². The van der Waals surface area contributed by atoms with Gasteiger partial charge in [0.1, 0.15) is 22.8 Å². The summed E-state index contributed by atoms with van der Waals surface area (Å²) in [5.41, 5.74) is 0.570. The largest absolute Gasteiger partial charge is 0.469 e. The lowest BCUT2D eigenvalue weighted by Gasteiger charge is -2.42. The van der Waals surface area contributed by atoms with Crippen LogP contribution in [0.4, 0.5) is 9.18 Å². The van der Waals surface area contributed by atoms with E-state index in [9.17, 15) is 18.8 Å². The van der Waals surface area contributed by atoms with Crippen molar-refractivity contribution in [2.75, 3.05) is 26.7 Å². The van der Waals surface area contributed by atoms with E-state index in [1.807, 2.05) is 44.2 Å². The smallest absolute Gasteiger partial charge is 0.410 e. The summed E-state index contributed by atoms with van der Waals surface area (Å²) >= 11 is 0. The molecule has 0 N–H and O–H groups in total. The standard InChI is InChI=1S/C33H42FN5O6/c1-22(2)17-38(25-16-24(31(41)43-6)18-37(19-25)32(42)45-33(3,4)5)30(40)29-28(21-44-20-23-12-8-7-9-13-23)39(36-35-29)27-15-11-10-14-26(27)34/h7-15,22,24-25H,16-21H2,1-6H3/t24-,25+/m1/s1. The Balaban J connectivity index is 1.70. The molecule has 1 aliphatic rings. The van der Waals surface area contributed by atoms with Gasteiger partial charge < -0.3 is 24.0 Å². The molecule has 0 bridgehead atoms. The van der Waals surface area contributed by atoms with Crippen LogP contribution in [0, 0.1) is 17.7 Å². The minimum Gasteiger partial charge on any atom is -0.469 e. The number of nitrogens with zero attached hydrogens (tertiary/aromatic N) is 5. The average Bonchev–Trinajstić information content (AvgIpc) is 3.42. The molecule has 4 rings (SSSR count). The molecule has 11 nitrogen and oxygen atoms in total. The zero-order chi connectivity index (χ0) is 32.7. The summed E-state index contributed by atoms with van der Waals surface area (Å²) in [5, 5.41) is 8.41. The van der Waals surface area contributed by atoms with E-state index in [2.05, 4.69) is 10.3 Å². The molecule has 12 heteroatoms. The molecule has 1 aliphatic heterocycles. The second-order valence-electron chi connectivity index (χ2n) is 12.6. The third kappa shape index (κ3) is 8.65. The minimum atomic E-state index is -0.752. The molecular formula is C33H42FN5O6. The lowest BCUT2D eigenvalue weighted by atomic mass is 9.92. The van der Waals surface area contributed by atoms with Gasteiger partial charge in [-0.1, -0.05) is 61.5 Å². The zero-order valence-corrected chi connectivity index (χ0v) is 26.7. The van der Waals surface area contributed by atoms with Crippen LogP contribution in [0.15, 0.2) is 54.6 Å².